The van der Waals surface area contributed by atoms with Crippen LogP contribution in [-0.2, 0) is 13.6 Å². The van der Waals surface area contributed by atoms with Gasteiger partial charge in [-0.2, -0.15) is 10.2 Å². The van der Waals surface area contributed by atoms with E-state index >= 15 is 0 Å². The molecule has 0 aliphatic carbocycles. The number of hydrogen-bond acceptors (Lipinski definition) is 5. The highest BCUT2D eigenvalue weighted by Crippen LogP contribution is 2.22. The molecule has 0 spiro atoms. The fourth-order valence-corrected chi connectivity index (χ4v) is 2.94. The minimum atomic E-state index is -0.237. The second kappa shape index (κ2) is 7.43. The molecule has 4 heterocycles. The fourth-order valence-electron chi connectivity index (χ4n) is 2.94. The zero-order chi connectivity index (χ0) is 19.5. The van der Waals surface area contributed by atoms with Crippen molar-refractivity contribution < 1.29 is 4.79 Å². The summed E-state index contributed by atoms with van der Waals surface area (Å²) in [5.74, 6) is 0.487. The number of nitrogens with zero attached hydrogens (tertiary/aromatic N) is 6. The fraction of sp³-hybridized carbons (Fsp3) is 0.150. The number of aromatic nitrogens is 6. The van der Waals surface area contributed by atoms with Crippen molar-refractivity contribution in [2.24, 2.45) is 7.05 Å². The van der Waals surface area contributed by atoms with Gasteiger partial charge in [-0.05, 0) is 42.3 Å². The number of rotatable bonds is 5. The van der Waals surface area contributed by atoms with E-state index in [0.717, 1.165) is 28.2 Å². The lowest BCUT2D eigenvalue weighted by atomic mass is 10.1. The smallest absolute Gasteiger partial charge is 0.270 e. The van der Waals surface area contributed by atoms with Gasteiger partial charge >= 0.3 is 0 Å². The monoisotopic (exact) mass is 373 g/mol. The van der Waals surface area contributed by atoms with Gasteiger partial charge in [-0.25, -0.2) is 9.67 Å². The first-order chi connectivity index (χ1) is 13.6. The van der Waals surface area contributed by atoms with Crippen LogP contribution in [0.3, 0.4) is 0 Å². The van der Waals surface area contributed by atoms with Crippen LogP contribution in [0.5, 0.6) is 0 Å². The maximum Gasteiger partial charge on any atom is 0.270 e. The minimum Gasteiger partial charge on any atom is -0.347 e. The second-order valence-electron chi connectivity index (χ2n) is 6.39. The van der Waals surface area contributed by atoms with Gasteiger partial charge in [0.25, 0.3) is 5.91 Å². The lowest BCUT2D eigenvalue weighted by Crippen LogP contribution is -2.23. The first-order valence-corrected chi connectivity index (χ1v) is 8.80. The van der Waals surface area contributed by atoms with Crippen LogP contribution in [0.1, 0.15) is 21.7 Å². The molecule has 4 aromatic rings. The van der Waals surface area contributed by atoms with Crippen molar-refractivity contribution in [2.75, 3.05) is 0 Å². The highest BCUT2D eigenvalue weighted by Gasteiger charge is 2.11. The Morgan fingerprint density at radius 3 is 2.75 bits per heavy atom. The predicted octanol–water partition coefficient (Wildman–Crippen LogP) is 2.30. The molecule has 1 N–H and O–H groups in total. The second-order valence-corrected chi connectivity index (χ2v) is 6.39. The molecule has 1 amide bonds. The highest BCUT2D eigenvalue weighted by atomic mass is 16.1. The summed E-state index contributed by atoms with van der Waals surface area (Å²) in [6.45, 7) is 2.30. The van der Waals surface area contributed by atoms with Gasteiger partial charge in [-0.1, -0.05) is 6.07 Å². The molecule has 4 rings (SSSR count). The Morgan fingerprint density at radius 2 is 2.07 bits per heavy atom. The molecule has 0 atom stereocenters. The van der Waals surface area contributed by atoms with Crippen molar-refractivity contribution in [1.82, 2.24) is 34.8 Å². The Hall–Kier alpha value is -3.81. The Balaban J connectivity index is 1.44. The van der Waals surface area contributed by atoms with Gasteiger partial charge in [-0.3, -0.25) is 14.5 Å². The van der Waals surface area contributed by atoms with E-state index in [4.69, 9.17) is 0 Å². The van der Waals surface area contributed by atoms with Crippen LogP contribution in [0.4, 0.5) is 0 Å². The summed E-state index contributed by atoms with van der Waals surface area (Å²) in [6.07, 6.45) is 8.81. The Kier molecular flexibility index (Phi) is 4.67. The maximum atomic E-state index is 12.5. The van der Waals surface area contributed by atoms with Gasteiger partial charge in [0.15, 0.2) is 5.82 Å². The lowest BCUT2D eigenvalue weighted by Gasteiger charge is -2.07. The number of carbonyl (C=O) groups excluding carboxylic acids is 1. The van der Waals surface area contributed by atoms with Crippen molar-refractivity contribution in [3.8, 4) is 16.9 Å². The molecule has 0 unspecified atom stereocenters. The number of carbonyl (C=O) groups is 1. The largest absolute Gasteiger partial charge is 0.347 e. The highest BCUT2D eigenvalue weighted by molar-refractivity contribution is 5.93. The lowest BCUT2D eigenvalue weighted by molar-refractivity contribution is 0.0946. The average Bonchev–Trinajstić information content (AvgIpc) is 3.36. The zero-order valence-electron chi connectivity index (χ0n) is 15.6. The molecular weight excluding hydrogens is 354 g/mol. The molecule has 0 bridgehead atoms. The summed E-state index contributed by atoms with van der Waals surface area (Å²) in [5, 5.41) is 11.4. The SMILES string of the molecule is Cc1nn(C)cc1-c1ccnc(C(=O)NCc2ccc(-n3cccn3)nc2)c1. The quantitative estimate of drug-likeness (QED) is 0.580. The number of amides is 1. The molecule has 28 heavy (non-hydrogen) atoms. The van der Waals surface area contributed by atoms with Crippen molar-refractivity contribution in [3.63, 3.8) is 0 Å². The maximum absolute atomic E-state index is 12.5. The van der Waals surface area contributed by atoms with E-state index in [9.17, 15) is 4.79 Å². The van der Waals surface area contributed by atoms with Crippen LogP contribution in [0.25, 0.3) is 16.9 Å². The summed E-state index contributed by atoms with van der Waals surface area (Å²) in [5.41, 5.74) is 4.06. The number of aryl methyl sites for hydroxylation is 2. The van der Waals surface area contributed by atoms with E-state index in [1.165, 1.54) is 0 Å². The first-order valence-electron chi connectivity index (χ1n) is 8.80. The van der Waals surface area contributed by atoms with Gasteiger partial charge in [0.1, 0.15) is 5.69 Å². The molecule has 8 nitrogen and oxygen atoms in total. The Morgan fingerprint density at radius 1 is 1.18 bits per heavy atom. The summed E-state index contributed by atoms with van der Waals surface area (Å²) in [7, 11) is 1.87. The van der Waals surface area contributed by atoms with Gasteiger partial charge in [0, 0.05) is 50.1 Å². The van der Waals surface area contributed by atoms with Gasteiger partial charge in [-0.15, -0.1) is 0 Å². The van der Waals surface area contributed by atoms with E-state index in [2.05, 4.69) is 25.5 Å². The minimum absolute atomic E-state index is 0.237. The van der Waals surface area contributed by atoms with Gasteiger partial charge < -0.3 is 5.32 Å². The Bertz CT molecular complexity index is 1100. The molecule has 8 heteroatoms. The third-order valence-corrected chi connectivity index (χ3v) is 4.32. The third-order valence-electron chi connectivity index (χ3n) is 4.32. The molecule has 0 saturated heterocycles. The van der Waals surface area contributed by atoms with E-state index in [0.29, 0.717) is 12.2 Å². The van der Waals surface area contributed by atoms with Crippen LogP contribution in [0.15, 0.2) is 61.3 Å². The number of pyridine rings is 2. The van der Waals surface area contributed by atoms with E-state index < -0.39 is 0 Å². The van der Waals surface area contributed by atoms with Crippen LogP contribution >= 0.6 is 0 Å². The molecule has 0 aliphatic heterocycles. The van der Waals surface area contributed by atoms with Crippen LogP contribution in [-0.4, -0.2) is 35.4 Å². The van der Waals surface area contributed by atoms with Crippen LogP contribution < -0.4 is 5.32 Å². The summed E-state index contributed by atoms with van der Waals surface area (Å²) >= 11 is 0. The summed E-state index contributed by atoms with van der Waals surface area (Å²) in [6, 6.07) is 9.26. The van der Waals surface area contributed by atoms with E-state index in [-0.39, 0.29) is 5.91 Å². The topological polar surface area (TPSA) is 90.5 Å². The standard InChI is InChI=1S/C20H19N7O/c1-14-17(13-26(2)25-14)16-6-8-21-18(10-16)20(28)23-12-15-4-5-19(22-11-15)27-9-3-7-24-27/h3-11,13H,12H2,1-2H3,(H,23,28). The van der Waals surface area contributed by atoms with Crippen molar-refractivity contribution in [2.45, 2.75) is 13.5 Å². The zero-order valence-corrected chi connectivity index (χ0v) is 15.6. The van der Waals surface area contributed by atoms with Crippen LogP contribution in [0.2, 0.25) is 0 Å². The average molecular weight is 373 g/mol. The third kappa shape index (κ3) is 3.66. The van der Waals surface area contributed by atoms with E-state index in [1.54, 1.807) is 34.0 Å². The summed E-state index contributed by atoms with van der Waals surface area (Å²) in [4.78, 5) is 21.1. The van der Waals surface area contributed by atoms with Gasteiger partial charge in [0.2, 0.25) is 0 Å². The normalized spacial score (nSPS) is 10.8. The van der Waals surface area contributed by atoms with Crippen molar-refractivity contribution in [3.05, 3.63) is 78.3 Å². The molecule has 0 aromatic carbocycles. The molecule has 0 saturated carbocycles. The number of hydrogen-bond donors (Lipinski definition) is 1. The van der Waals surface area contributed by atoms with E-state index in [1.807, 2.05) is 50.6 Å². The molecule has 0 radical (unpaired) electrons. The predicted molar refractivity (Wildman–Crippen MR) is 104 cm³/mol. The van der Waals surface area contributed by atoms with Crippen molar-refractivity contribution in [1.29, 1.82) is 0 Å². The molecule has 0 fully saturated rings. The number of nitrogens with one attached hydrogen (secondary N) is 1. The van der Waals surface area contributed by atoms with Crippen LogP contribution in [0, 0.1) is 6.92 Å². The summed E-state index contributed by atoms with van der Waals surface area (Å²) < 4.78 is 3.43. The van der Waals surface area contributed by atoms with Crippen molar-refractivity contribution >= 4 is 5.91 Å². The molecular formula is C20H19N7O. The Labute approximate surface area is 161 Å². The first kappa shape index (κ1) is 17.6. The molecule has 0 aliphatic rings. The van der Waals surface area contributed by atoms with Gasteiger partial charge in [0.05, 0.1) is 5.69 Å². The molecule has 140 valence electrons. The molecule has 4 aromatic heterocycles.